The summed E-state index contributed by atoms with van der Waals surface area (Å²) in [7, 11) is 0. The molecule has 0 aliphatic heterocycles. The van der Waals surface area contributed by atoms with Gasteiger partial charge in [0.05, 0.1) is 0 Å². The summed E-state index contributed by atoms with van der Waals surface area (Å²) >= 11 is 5.78. The number of hydrogen-bond donors (Lipinski definition) is 0. The van der Waals surface area contributed by atoms with E-state index in [0.717, 1.165) is 10.6 Å². The number of halogens is 1. The van der Waals surface area contributed by atoms with E-state index in [-0.39, 0.29) is 0 Å². The third-order valence-corrected chi connectivity index (χ3v) is 2.68. The third kappa shape index (κ3) is 15.1. The van der Waals surface area contributed by atoms with Crippen LogP contribution in [-0.2, 0) is 0 Å². The second-order valence-electron chi connectivity index (χ2n) is 3.91. The van der Waals surface area contributed by atoms with E-state index in [9.17, 15) is 0 Å². The smallest absolute Gasteiger partial charge is 0.0435 e. The largest absolute Gasteiger partial charge is 0.0841 e. The van der Waals surface area contributed by atoms with Crippen molar-refractivity contribution in [3.05, 3.63) is 70.2 Å². The SMILES string of the molecule is CC.CC.CC.Cc1ccc(Cl)c(C)c1.Cc1ccccc1. The van der Waals surface area contributed by atoms with Crippen LogP contribution in [0.5, 0.6) is 0 Å². The third-order valence-electron chi connectivity index (χ3n) is 2.25. The highest BCUT2D eigenvalue weighted by molar-refractivity contribution is 6.31. The molecule has 0 N–H and O–H groups in total. The van der Waals surface area contributed by atoms with Crippen LogP contribution in [0.4, 0.5) is 0 Å². The summed E-state index contributed by atoms with van der Waals surface area (Å²) in [5, 5.41) is 0.848. The Morgan fingerprint density at radius 1 is 0.591 bits per heavy atom. The fraction of sp³-hybridized carbons (Fsp3) is 0.429. The van der Waals surface area contributed by atoms with E-state index in [0.29, 0.717) is 0 Å². The van der Waals surface area contributed by atoms with Crippen molar-refractivity contribution in [1.82, 2.24) is 0 Å². The summed E-state index contributed by atoms with van der Waals surface area (Å²) < 4.78 is 0. The molecule has 22 heavy (non-hydrogen) atoms. The summed E-state index contributed by atoms with van der Waals surface area (Å²) in [6.45, 7) is 18.2. The standard InChI is InChI=1S/C8H9Cl.C7H8.3C2H6/c1-6-3-4-8(9)7(2)5-6;1-7-5-3-2-4-6-7;3*1-2/h3-5H,1-2H3;2-6H,1H3;3*1-2H3. The molecule has 2 aromatic carbocycles. The van der Waals surface area contributed by atoms with E-state index < -0.39 is 0 Å². The van der Waals surface area contributed by atoms with Gasteiger partial charge in [0, 0.05) is 5.02 Å². The Kier molecular flexibility index (Phi) is 23.0. The van der Waals surface area contributed by atoms with Gasteiger partial charge < -0.3 is 0 Å². The Hall–Kier alpha value is -1.27. The molecule has 0 bridgehead atoms. The minimum absolute atomic E-state index is 0.848. The molecule has 0 aliphatic carbocycles. The van der Waals surface area contributed by atoms with Crippen LogP contribution in [0, 0.1) is 20.8 Å². The van der Waals surface area contributed by atoms with Crippen molar-refractivity contribution in [2.45, 2.75) is 62.3 Å². The summed E-state index contributed by atoms with van der Waals surface area (Å²) in [5.74, 6) is 0. The van der Waals surface area contributed by atoms with Gasteiger partial charge in [-0.2, -0.15) is 0 Å². The van der Waals surface area contributed by atoms with Gasteiger partial charge >= 0.3 is 0 Å². The molecular formula is C21H35Cl. The lowest BCUT2D eigenvalue weighted by atomic mass is 10.2. The van der Waals surface area contributed by atoms with Gasteiger partial charge in [-0.1, -0.05) is 107 Å². The van der Waals surface area contributed by atoms with Crippen molar-refractivity contribution in [3.63, 3.8) is 0 Å². The van der Waals surface area contributed by atoms with E-state index in [2.05, 4.69) is 32.0 Å². The van der Waals surface area contributed by atoms with Gasteiger partial charge in [0.2, 0.25) is 0 Å². The van der Waals surface area contributed by atoms with Gasteiger partial charge in [0.15, 0.2) is 0 Å². The molecule has 0 aromatic heterocycles. The number of rotatable bonds is 0. The van der Waals surface area contributed by atoms with Crippen LogP contribution in [0.2, 0.25) is 5.02 Å². The lowest BCUT2D eigenvalue weighted by Gasteiger charge is -1.96. The second-order valence-corrected chi connectivity index (χ2v) is 4.31. The first-order chi connectivity index (χ1) is 10.6. The molecule has 0 fully saturated rings. The van der Waals surface area contributed by atoms with Gasteiger partial charge in [0.25, 0.3) is 0 Å². The van der Waals surface area contributed by atoms with E-state index >= 15 is 0 Å². The van der Waals surface area contributed by atoms with Crippen molar-refractivity contribution in [3.8, 4) is 0 Å². The zero-order valence-electron chi connectivity index (χ0n) is 16.0. The minimum atomic E-state index is 0.848. The predicted octanol–water partition coefficient (Wildman–Crippen LogP) is 8.03. The lowest BCUT2D eigenvalue weighted by Crippen LogP contribution is -1.75. The topological polar surface area (TPSA) is 0 Å². The van der Waals surface area contributed by atoms with Crippen LogP contribution in [0.1, 0.15) is 58.2 Å². The predicted molar refractivity (Wildman–Crippen MR) is 106 cm³/mol. The Morgan fingerprint density at radius 2 is 1.05 bits per heavy atom. The van der Waals surface area contributed by atoms with Gasteiger partial charge in [-0.25, -0.2) is 0 Å². The molecule has 0 saturated heterocycles. The summed E-state index contributed by atoms with van der Waals surface area (Å²) in [5.41, 5.74) is 3.73. The van der Waals surface area contributed by atoms with Crippen molar-refractivity contribution < 1.29 is 0 Å². The number of hydrogen-bond acceptors (Lipinski definition) is 0. The maximum absolute atomic E-state index is 5.78. The van der Waals surface area contributed by atoms with Crippen molar-refractivity contribution >= 4 is 11.6 Å². The average molecular weight is 323 g/mol. The zero-order chi connectivity index (χ0) is 18.0. The molecule has 1 heteroatoms. The van der Waals surface area contributed by atoms with Gasteiger partial charge in [0.1, 0.15) is 0 Å². The zero-order valence-corrected chi connectivity index (χ0v) is 16.8. The van der Waals surface area contributed by atoms with Gasteiger partial charge in [-0.15, -0.1) is 0 Å². The van der Waals surface area contributed by atoms with Gasteiger partial charge in [-0.3, -0.25) is 0 Å². The molecule has 0 atom stereocenters. The highest BCUT2D eigenvalue weighted by Gasteiger charge is 1.91. The second kappa shape index (κ2) is 19.7. The summed E-state index contributed by atoms with van der Waals surface area (Å²) in [6, 6.07) is 16.3. The molecule has 0 spiro atoms. The number of benzene rings is 2. The molecule has 0 saturated carbocycles. The van der Waals surface area contributed by atoms with Crippen LogP contribution < -0.4 is 0 Å². The van der Waals surface area contributed by atoms with E-state index in [1.165, 1.54) is 11.1 Å². The Bertz CT molecular complexity index is 433. The quantitative estimate of drug-likeness (QED) is 0.460. The summed E-state index contributed by atoms with van der Waals surface area (Å²) in [6.07, 6.45) is 0. The molecular weight excluding hydrogens is 288 g/mol. The summed E-state index contributed by atoms with van der Waals surface area (Å²) in [4.78, 5) is 0. The minimum Gasteiger partial charge on any atom is -0.0841 e. The van der Waals surface area contributed by atoms with Crippen LogP contribution in [0.15, 0.2) is 48.5 Å². The molecule has 0 unspecified atom stereocenters. The molecule has 126 valence electrons. The van der Waals surface area contributed by atoms with Crippen LogP contribution >= 0.6 is 11.6 Å². The molecule has 2 aromatic rings. The Morgan fingerprint density at radius 3 is 1.32 bits per heavy atom. The highest BCUT2D eigenvalue weighted by atomic mass is 35.5. The molecule has 0 radical (unpaired) electrons. The van der Waals surface area contributed by atoms with Crippen molar-refractivity contribution in [2.75, 3.05) is 0 Å². The average Bonchev–Trinajstić information content (AvgIpc) is 2.58. The normalized spacial score (nSPS) is 7.55. The van der Waals surface area contributed by atoms with Crippen LogP contribution in [-0.4, -0.2) is 0 Å². The van der Waals surface area contributed by atoms with Crippen LogP contribution in [0.3, 0.4) is 0 Å². The highest BCUT2D eigenvalue weighted by Crippen LogP contribution is 2.14. The fourth-order valence-corrected chi connectivity index (χ4v) is 1.45. The number of aryl methyl sites for hydroxylation is 3. The molecule has 0 nitrogen and oxygen atoms in total. The first kappa shape index (κ1) is 25.7. The monoisotopic (exact) mass is 322 g/mol. The van der Waals surface area contributed by atoms with Gasteiger partial charge in [-0.05, 0) is 32.4 Å². The maximum Gasteiger partial charge on any atom is 0.0435 e. The molecule has 0 amide bonds. The Labute approximate surface area is 144 Å². The van der Waals surface area contributed by atoms with Crippen molar-refractivity contribution in [1.29, 1.82) is 0 Å². The lowest BCUT2D eigenvalue weighted by molar-refractivity contribution is 1.39. The Balaban J connectivity index is -0.000000249. The first-order valence-electron chi connectivity index (χ1n) is 8.34. The molecule has 2 rings (SSSR count). The van der Waals surface area contributed by atoms with E-state index in [1.807, 2.05) is 78.8 Å². The fourth-order valence-electron chi connectivity index (χ4n) is 1.33. The van der Waals surface area contributed by atoms with Crippen LogP contribution in [0.25, 0.3) is 0 Å². The van der Waals surface area contributed by atoms with E-state index in [1.54, 1.807) is 0 Å². The maximum atomic E-state index is 5.78. The van der Waals surface area contributed by atoms with E-state index in [4.69, 9.17) is 11.6 Å². The molecule has 0 heterocycles. The first-order valence-corrected chi connectivity index (χ1v) is 8.72. The molecule has 0 aliphatic rings. The van der Waals surface area contributed by atoms with Crippen molar-refractivity contribution in [2.24, 2.45) is 0 Å².